The van der Waals surface area contributed by atoms with E-state index in [4.69, 9.17) is 14.2 Å². The second-order valence-electron chi connectivity index (χ2n) is 8.61. The van der Waals surface area contributed by atoms with Gasteiger partial charge in [-0.2, -0.15) is 0 Å². The van der Waals surface area contributed by atoms with Crippen molar-refractivity contribution in [2.75, 3.05) is 13.2 Å². The first kappa shape index (κ1) is 18.6. The number of aliphatic hydroxyl groups excluding tert-OH is 1. The van der Waals surface area contributed by atoms with Crippen LogP contribution in [-0.4, -0.2) is 47.9 Å². The summed E-state index contributed by atoms with van der Waals surface area (Å²) in [5.41, 5.74) is 2.41. The van der Waals surface area contributed by atoms with E-state index in [-0.39, 0.29) is 24.4 Å². The third-order valence-electron chi connectivity index (χ3n) is 4.64. The maximum absolute atomic E-state index is 10.2. The fourth-order valence-electron chi connectivity index (χ4n) is 3.51. The molecule has 1 aromatic rings. The largest absolute Gasteiger partial charge is 0.491 e. The number of fused-ring (bicyclic) bond motifs is 2. The van der Waals surface area contributed by atoms with Crippen molar-refractivity contribution in [3.8, 4) is 5.75 Å². The van der Waals surface area contributed by atoms with E-state index in [1.54, 1.807) is 0 Å². The molecule has 0 amide bonds. The van der Waals surface area contributed by atoms with E-state index in [1.807, 2.05) is 26.0 Å². The van der Waals surface area contributed by atoms with Crippen LogP contribution in [0.25, 0.3) is 0 Å². The minimum atomic E-state index is -0.545. The van der Waals surface area contributed by atoms with Gasteiger partial charge >= 0.3 is 0 Å². The third-order valence-corrected chi connectivity index (χ3v) is 4.64. The van der Waals surface area contributed by atoms with Crippen molar-refractivity contribution in [2.45, 2.75) is 77.1 Å². The van der Waals surface area contributed by atoms with Crippen molar-refractivity contribution in [1.29, 1.82) is 0 Å². The molecule has 0 saturated carbocycles. The topological polar surface area (TPSA) is 60.0 Å². The molecule has 140 valence electrons. The first-order valence-electron chi connectivity index (χ1n) is 9.15. The standard InChI is InChI=1S/C20H31NO4/c1-19(2,3)21-11-14(22)12-23-16-8-6-7-13-9-17-18(10-15(13)16)25-20(4,5)24-17/h6-8,14,17-18,21-22H,9-12H2,1-5H3. The lowest BCUT2D eigenvalue weighted by Crippen LogP contribution is -2.42. The van der Waals surface area contributed by atoms with E-state index in [1.165, 1.54) is 11.1 Å². The van der Waals surface area contributed by atoms with Gasteiger partial charge in [0.25, 0.3) is 0 Å². The zero-order chi connectivity index (χ0) is 18.2. The molecular weight excluding hydrogens is 318 g/mol. The Morgan fingerprint density at radius 1 is 1.24 bits per heavy atom. The van der Waals surface area contributed by atoms with Crippen LogP contribution >= 0.6 is 0 Å². The second-order valence-corrected chi connectivity index (χ2v) is 8.61. The van der Waals surface area contributed by atoms with Gasteiger partial charge in [-0.25, -0.2) is 0 Å². The van der Waals surface area contributed by atoms with Crippen molar-refractivity contribution in [3.63, 3.8) is 0 Å². The van der Waals surface area contributed by atoms with Crippen molar-refractivity contribution in [3.05, 3.63) is 29.3 Å². The van der Waals surface area contributed by atoms with Crippen LogP contribution < -0.4 is 10.1 Å². The Labute approximate surface area is 150 Å². The van der Waals surface area contributed by atoms with E-state index in [0.717, 1.165) is 18.6 Å². The maximum Gasteiger partial charge on any atom is 0.163 e. The summed E-state index contributed by atoms with van der Waals surface area (Å²) in [6, 6.07) is 6.12. The van der Waals surface area contributed by atoms with Gasteiger partial charge in [-0.05, 0) is 46.2 Å². The van der Waals surface area contributed by atoms with Gasteiger partial charge < -0.3 is 24.6 Å². The van der Waals surface area contributed by atoms with Crippen LogP contribution in [0.1, 0.15) is 45.7 Å². The zero-order valence-electron chi connectivity index (χ0n) is 16.0. The Morgan fingerprint density at radius 2 is 1.92 bits per heavy atom. The summed E-state index contributed by atoms with van der Waals surface area (Å²) in [6.45, 7) is 10.9. The molecule has 25 heavy (non-hydrogen) atoms. The van der Waals surface area contributed by atoms with Gasteiger partial charge in [0.15, 0.2) is 5.79 Å². The van der Waals surface area contributed by atoms with Crippen LogP contribution in [-0.2, 0) is 22.3 Å². The van der Waals surface area contributed by atoms with Crippen LogP contribution in [0.2, 0.25) is 0 Å². The van der Waals surface area contributed by atoms with Gasteiger partial charge in [0.05, 0.1) is 12.2 Å². The molecule has 3 unspecified atom stereocenters. The molecule has 1 aromatic carbocycles. The molecule has 0 spiro atoms. The van der Waals surface area contributed by atoms with Crippen molar-refractivity contribution < 1.29 is 19.3 Å². The van der Waals surface area contributed by atoms with E-state index in [9.17, 15) is 5.11 Å². The van der Waals surface area contributed by atoms with E-state index < -0.39 is 11.9 Å². The number of ether oxygens (including phenoxy) is 3. The number of β-amino-alcohol motifs (C(OH)–C–C–N with tert-alkyl or cyclic N) is 1. The molecule has 1 saturated heterocycles. The summed E-state index contributed by atoms with van der Waals surface area (Å²) in [7, 11) is 0. The quantitative estimate of drug-likeness (QED) is 0.855. The van der Waals surface area contributed by atoms with Crippen LogP contribution in [0.4, 0.5) is 0 Å². The molecule has 1 aliphatic carbocycles. The van der Waals surface area contributed by atoms with Gasteiger partial charge in [0.1, 0.15) is 18.5 Å². The molecule has 0 bridgehead atoms. The maximum atomic E-state index is 10.2. The summed E-state index contributed by atoms with van der Waals surface area (Å²) in [4.78, 5) is 0. The normalized spacial score (nSPS) is 26.0. The van der Waals surface area contributed by atoms with Crippen LogP contribution in [0.3, 0.4) is 0 Å². The highest BCUT2D eigenvalue weighted by atomic mass is 16.7. The highest BCUT2D eigenvalue weighted by Gasteiger charge is 2.44. The summed E-state index contributed by atoms with van der Waals surface area (Å²) < 4.78 is 18.0. The highest BCUT2D eigenvalue weighted by molar-refractivity contribution is 5.43. The molecule has 1 heterocycles. The average Bonchev–Trinajstić information content (AvgIpc) is 2.80. The molecule has 3 rings (SSSR count). The van der Waals surface area contributed by atoms with Gasteiger partial charge in [-0.15, -0.1) is 0 Å². The minimum absolute atomic E-state index is 0.0193. The van der Waals surface area contributed by atoms with E-state index in [2.05, 4.69) is 32.2 Å². The van der Waals surface area contributed by atoms with Crippen LogP contribution in [0.5, 0.6) is 5.75 Å². The van der Waals surface area contributed by atoms with Crippen LogP contribution in [0.15, 0.2) is 18.2 Å². The zero-order valence-corrected chi connectivity index (χ0v) is 16.0. The molecule has 1 aliphatic heterocycles. The van der Waals surface area contributed by atoms with E-state index >= 15 is 0 Å². The number of hydrogen-bond acceptors (Lipinski definition) is 5. The first-order chi connectivity index (χ1) is 11.6. The van der Waals surface area contributed by atoms with E-state index in [0.29, 0.717) is 6.54 Å². The number of rotatable bonds is 5. The Balaban J connectivity index is 1.63. The lowest BCUT2D eigenvalue weighted by molar-refractivity contribution is -0.145. The molecule has 5 nitrogen and oxygen atoms in total. The molecule has 2 aliphatic rings. The molecule has 0 aromatic heterocycles. The molecule has 5 heteroatoms. The molecular formula is C20H31NO4. The number of nitrogens with one attached hydrogen (secondary N) is 1. The summed E-state index contributed by atoms with van der Waals surface area (Å²) in [6.07, 6.45) is 1.26. The number of hydrogen-bond donors (Lipinski definition) is 2. The lowest BCUT2D eigenvalue weighted by atomic mass is 9.87. The number of benzene rings is 1. The van der Waals surface area contributed by atoms with Gasteiger partial charge in [0.2, 0.25) is 0 Å². The fraction of sp³-hybridized carbons (Fsp3) is 0.700. The predicted octanol–water partition coefficient (Wildman–Crippen LogP) is 2.43. The summed E-state index contributed by atoms with van der Waals surface area (Å²) in [5, 5.41) is 13.5. The van der Waals surface area contributed by atoms with Crippen molar-refractivity contribution >= 4 is 0 Å². The Morgan fingerprint density at radius 3 is 2.60 bits per heavy atom. The molecule has 2 N–H and O–H groups in total. The molecule has 3 atom stereocenters. The molecule has 0 radical (unpaired) electrons. The second kappa shape index (κ2) is 6.88. The highest BCUT2D eigenvalue weighted by Crippen LogP contribution is 2.39. The SMILES string of the molecule is CC(C)(C)NCC(O)COc1cccc2c1CC1OC(C)(C)OC1C2. The smallest absolute Gasteiger partial charge is 0.163 e. The Hall–Kier alpha value is -1.14. The average molecular weight is 349 g/mol. The third kappa shape index (κ3) is 4.73. The fourth-order valence-corrected chi connectivity index (χ4v) is 3.51. The summed E-state index contributed by atoms with van der Waals surface area (Å²) in [5.74, 6) is 0.326. The Kier molecular flexibility index (Phi) is 5.13. The van der Waals surface area contributed by atoms with Gasteiger partial charge in [-0.3, -0.25) is 0 Å². The lowest BCUT2D eigenvalue weighted by Gasteiger charge is -2.27. The molecule has 1 fully saturated rings. The van der Waals surface area contributed by atoms with Gasteiger partial charge in [-0.1, -0.05) is 12.1 Å². The predicted molar refractivity (Wildman–Crippen MR) is 96.9 cm³/mol. The monoisotopic (exact) mass is 349 g/mol. The van der Waals surface area contributed by atoms with Crippen molar-refractivity contribution in [1.82, 2.24) is 5.32 Å². The van der Waals surface area contributed by atoms with Crippen molar-refractivity contribution in [2.24, 2.45) is 0 Å². The minimum Gasteiger partial charge on any atom is -0.491 e. The van der Waals surface area contributed by atoms with Crippen LogP contribution in [0, 0.1) is 0 Å². The first-order valence-corrected chi connectivity index (χ1v) is 9.15. The summed E-state index contributed by atoms with van der Waals surface area (Å²) >= 11 is 0. The number of aliphatic hydroxyl groups is 1. The van der Waals surface area contributed by atoms with Gasteiger partial charge in [0, 0.05) is 30.5 Å². The Bertz CT molecular complexity index is 608.